The number of amides is 1. The highest BCUT2D eigenvalue weighted by Gasteiger charge is 2.63. The minimum atomic E-state index is -0.651. The van der Waals surface area contributed by atoms with Gasteiger partial charge in [-0.15, -0.1) is 0 Å². The molecule has 0 aliphatic heterocycles. The average Bonchev–Trinajstić information content (AvgIpc) is 2.68. The summed E-state index contributed by atoms with van der Waals surface area (Å²) in [6.07, 6.45) is 3.22. The Bertz CT molecular complexity index is 423. The monoisotopic (exact) mass is 299 g/mol. The first-order chi connectivity index (χ1) is 9.22. The summed E-state index contributed by atoms with van der Waals surface area (Å²) in [4.78, 5) is 23.3. The van der Waals surface area contributed by atoms with E-state index in [1.807, 2.05) is 0 Å². The molecule has 4 nitrogen and oxygen atoms in total. The molecule has 3 unspecified atom stereocenters. The van der Waals surface area contributed by atoms with Crippen LogP contribution in [0.1, 0.15) is 47.0 Å². The molecule has 2 rings (SSSR count). The first-order valence-corrected chi connectivity index (χ1v) is 7.94. The fourth-order valence-corrected chi connectivity index (χ4v) is 4.20. The first-order valence-electron chi connectivity index (χ1n) is 7.31. The molecule has 0 radical (unpaired) electrons. The highest BCUT2D eigenvalue weighted by Crippen LogP contribution is 2.66. The van der Waals surface area contributed by atoms with Crippen molar-refractivity contribution in [2.75, 3.05) is 5.75 Å². The van der Waals surface area contributed by atoms with Crippen LogP contribution >= 0.6 is 12.6 Å². The third-order valence-electron chi connectivity index (χ3n) is 5.82. The number of hydrogen-bond acceptors (Lipinski definition) is 4. The molecule has 1 amide bonds. The molecule has 0 spiro atoms. The van der Waals surface area contributed by atoms with E-state index in [2.05, 4.69) is 38.7 Å². The van der Waals surface area contributed by atoms with Crippen LogP contribution in [-0.4, -0.2) is 29.8 Å². The van der Waals surface area contributed by atoms with Gasteiger partial charge in [0.1, 0.15) is 12.1 Å². The maximum Gasteiger partial charge on any atom is 0.329 e. The average molecular weight is 299 g/mol. The smallest absolute Gasteiger partial charge is 0.329 e. The van der Waals surface area contributed by atoms with Gasteiger partial charge in [0.25, 0.3) is 0 Å². The van der Waals surface area contributed by atoms with Crippen LogP contribution in [0.2, 0.25) is 0 Å². The molecule has 2 aliphatic rings. The fourth-order valence-electron chi connectivity index (χ4n) is 3.96. The normalized spacial score (nSPS) is 35.6. The van der Waals surface area contributed by atoms with E-state index in [1.54, 1.807) is 0 Å². The number of carbonyl (C=O) groups excluding carboxylic acids is 2. The van der Waals surface area contributed by atoms with Crippen LogP contribution < -0.4 is 5.32 Å². The van der Waals surface area contributed by atoms with E-state index in [-0.39, 0.29) is 34.6 Å². The Morgan fingerprint density at radius 2 is 2.05 bits per heavy atom. The summed E-state index contributed by atoms with van der Waals surface area (Å²) in [5.41, 5.74) is 0.257. The number of nitrogens with one attached hydrogen (secondary N) is 1. The van der Waals surface area contributed by atoms with Crippen molar-refractivity contribution in [3.8, 4) is 0 Å². The number of carbonyl (C=O) groups is 2. The summed E-state index contributed by atoms with van der Waals surface area (Å²) in [5, 5.41) is 2.59. The Hall–Kier alpha value is -0.710. The van der Waals surface area contributed by atoms with Gasteiger partial charge in [0.2, 0.25) is 5.91 Å². The van der Waals surface area contributed by atoms with Crippen LogP contribution in [0.4, 0.5) is 0 Å². The maximum absolute atomic E-state index is 12.2. The largest absolute Gasteiger partial charge is 0.460 e. The van der Waals surface area contributed by atoms with Crippen molar-refractivity contribution in [1.82, 2.24) is 5.32 Å². The molecule has 0 aromatic heterocycles. The molecular formula is C15H25NO3S. The van der Waals surface area contributed by atoms with Crippen molar-refractivity contribution in [2.45, 2.75) is 59.1 Å². The van der Waals surface area contributed by atoms with Gasteiger partial charge in [-0.05, 0) is 30.6 Å². The second-order valence-corrected chi connectivity index (χ2v) is 7.34. The molecule has 2 fully saturated rings. The number of rotatable bonds is 4. The molecule has 0 saturated heterocycles. The fraction of sp³-hybridized carbons (Fsp3) is 0.867. The van der Waals surface area contributed by atoms with E-state index < -0.39 is 6.04 Å². The number of esters is 1. The Morgan fingerprint density at radius 3 is 2.45 bits per heavy atom. The summed E-state index contributed by atoms with van der Waals surface area (Å²) in [6, 6.07) is -0.651. The van der Waals surface area contributed by atoms with E-state index in [4.69, 9.17) is 4.74 Å². The van der Waals surface area contributed by atoms with Crippen molar-refractivity contribution in [1.29, 1.82) is 0 Å². The van der Waals surface area contributed by atoms with Gasteiger partial charge in [-0.2, -0.15) is 12.6 Å². The Labute approximate surface area is 126 Å². The minimum Gasteiger partial charge on any atom is -0.460 e. The van der Waals surface area contributed by atoms with Gasteiger partial charge >= 0.3 is 5.97 Å². The molecule has 0 heterocycles. The van der Waals surface area contributed by atoms with Crippen LogP contribution in [0.25, 0.3) is 0 Å². The number of ether oxygens (including phenoxy) is 1. The number of thiol groups is 1. The van der Waals surface area contributed by atoms with E-state index in [1.165, 1.54) is 13.3 Å². The molecule has 2 aliphatic carbocycles. The van der Waals surface area contributed by atoms with Crippen LogP contribution in [0.15, 0.2) is 0 Å². The molecule has 114 valence electrons. The zero-order valence-electron chi connectivity index (χ0n) is 12.7. The van der Waals surface area contributed by atoms with Crippen molar-refractivity contribution in [3.05, 3.63) is 0 Å². The molecule has 0 aromatic carbocycles. The molecule has 4 atom stereocenters. The lowest BCUT2D eigenvalue weighted by atomic mass is 9.70. The number of hydrogen-bond donors (Lipinski definition) is 2. The van der Waals surface area contributed by atoms with Gasteiger partial charge < -0.3 is 10.1 Å². The zero-order chi connectivity index (χ0) is 15.1. The van der Waals surface area contributed by atoms with Crippen LogP contribution in [0.5, 0.6) is 0 Å². The molecule has 5 heteroatoms. The quantitative estimate of drug-likeness (QED) is 0.618. The lowest BCUT2D eigenvalue weighted by Gasteiger charge is -2.38. The van der Waals surface area contributed by atoms with Gasteiger partial charge in [0, 0.05) is 18.1 Å². The van der Waals surface area contributed by atoms with Crippen LogP contribution in [0.3, 0.4) is 0 Å². The lowest BCUT2D eigenvalue weighted by molar-refractivity contribution is -0.159. The molecule has 2 bridgehead atoms. The zero-order valence-corrected chi connectivity index (χ0v) is 13.6. The summed E-state index contributed by atoms with van der Waals surface area (Å²) in [7, 11) is 0. The van der Waals surface area contributed by atoms with Crippen LogP contribution in [-0.2, 0) is 14.3 Å². The third-order valence-corrected chi connectivity index (χ3v) is 6.18. The van der Waals surface area contributed by atoms with Gasteiger partial charge in [0.15, 0.2) is 0 Å². The van der Waals surface area contributed by atoms with E-state index in [0.29, 0.717) is 5.92 Å². The predicted octanol–water partition coefficient (Wildman–Crippen LogP) is 2.18. The highest BCUT2D eigenvalue weighted by atomic mass is 32.1. The standard InChI is InChI=1S/C15H25NO3S/c1-9(17)16-11(8-20)13(18)19-12-7-10-5-6-15(12,4)14(10,2)3/h10-12,20H,5-8H2,1-4H3,(H,16,17)/t10?,11-,12?,15?/m0/s1. The second-order valence-electron chi connectivity index (χ2n) is 6.97. The van der Waals surface area contributed by atoms with Gasteiger partial charge in [-0.1, -0.05) is 20.8 Å². The van der Waals surface area contributed by atoms with Crippen molar-refractivity contribution in [2.24, 2.45) is 16.7 Å². The topological polar surface area (TPSA) is 55.4 Å². The van der Waals surface area contributed by atoms with E-state index in [0.717, 1.165) is 12.8 Å². The Balaban J connectivity index is 2.04. The van der Waals surface area contributed by atoms with Crippen molar-refractivity contribution < 1.29 is 14.3 Å². The van der Waals surface area contributed by atoms with E-state index >= 15 is 0 Å². The SMILES string of the molecule is CC(=O)N[C@@H](CS)C(=O)OC1CC2CCC1(C)C2(C)C. The highest BCUT2D eigenvalue weighted by molar-refractivity contribution is 7.80. The summed E-state index contributed by atoms with van der Waals surface area (Å²) < 4.78 is 5.74. The minimum absolute atomic E-state index is 0.0418. The number of fused-ring (bicyclic) bond motifs is 2. The Morgan fingerprint density at radius 1 is 1.40 bits per heavy atom. The third kappa shape index (κ3) is 2.34. The van der Waals surface area contributed by atoms with Gasteiger partial charge in [-0.25, -0.2) is 4.79 Å². The van der Waals surface area contributed by atoms with Gasteiger partial charge in [0.05, 0.1) is 0 Å². The second kappa shape index (κ2) is 5.24. The molecule has 0 aromatic rings. The van der Waals surface area contributed by atoms with E-state index in [9.17, 15) is 9.59 Å². The summed E-state index contributed by atoms with van der Waals surface area (Å²) in [5.74, 6) is 0.292. The molecule has 1 N–H and O–H groups in total. The molecule has 2 saturated carbocycles. The summed E-state index contributed by atoms with van der Waals surface area (Å²) >= 11 is 4.12. The predicted molar refractivity (Wildman–Crippen MR) is 80.6 cm³/mol. The molecule has 20 heavy (non-hydrogen) atoms. The Kier molecular flexibility index (Phi) is 4.11. The van der Waals surface area contributed by atoms with Crippen molar-refractivity contribution >= 4 is 24.5 Å². The first kappa shape index (κ1) is 15.7. The maximum atomic E-state index is 12.2. The van der Waals surface area contributed by atoms with Crippen molar-refractivity contribution in [3.63, 3.8) is 0 Å². The lowest BCUT2D eigenvalue weighted by Crippen LogP contribution is -2.46. The van der Waals surface area contributed by atoms with Crippen LogP contribution in [0, 0.1) is 16.7 Å². The summed E-state index contributed by atoms with van der Waals surface area (Å²) in [6.45, 7) is 8.18. The van der Waals surface area contributed by atoms with Gasteiger partial charge in [-0.3, -0.25) is 4.79 Å². The molecular weight excluding hydrogens is 274 g/mol.